The van der Waals surface area contributed by atoms with Crippen molar-refractivity contribution in [1.29, 1.82) is 0 Å². The first-order valence-electron chi connectivity index (χ1n) is 11.6. The Kier molecular flexibility index (Phi) is 7.89. The molecule has 0 saturated heterocycles. The van der Waals surface area contributed by atoms with Crippen LogP contribution in [0.3, 0.4) is 0 Å². The zero-order valence-corrected chi connectivity index (χ0v) is 20.6. The summed E-state index contributed by atoms with van der Waals surface area (Å²) in [5, 5.41) is 0. The Morgan fingerprint density at radius 1 is 1.03 bits per heavy atom. The molecule has 1 aliphatic heterocycles. The van der Waals surface area contributed by atoms with Gasteiger partial charge in [-0.3, -0.25) is 0 Å². The van der Waals surface area contributed by atoms with Crippen LogP contribution in [0, 0.1) is 0 Å². The van der Waals surface area contributed by atoms with Crippen LogP contribution in [0.15, 0.2) is 95.1 Å². The van der Waals surface area contributed by atoms with Gasteiger partial charge in [0.1, 0.15) is 18.2 Å². The van der Waals surface area contributed by atoms with Crippen molar-refractivity contribution in [3.8, 4) is 11.5 Å². The van der Waals surface area contributed by atoms with Crippen LogP contribution in [0.5, 0.6) is 11.5 Å². The molecule has 2 aliphatic rings. The summed E-state index contributed by atoms with van der Waals surface area (Å²) < 4.78 is 85.5. The van der Waals surface area contributed by atoms with Crippen LogP contribution < -0.4 is 10.5 Å². The number of fused-ring (bicyclic) bond motifs is 1. The summed E-state index contributed by atoms with van der Waals surface area (Å²) in [4.78, 5) is 1.46. The van der Waals surface area contributed by atoms with Gasteiger partial charge >= 0.3 is 6.18 Å². The van der Waals surface area contributed by atoms with Crippen molar-refractivity contribution in [1.82, 2.24) is 4.90 Å². The minimum Gasteiger partial charge on any atom is -0.457 e. The quantitative estimate of drug-likeness (QED) is 0.425. The molecule has 1 unspecified atom stereocenters. The lowest BCUT2D eigenvalue weighted by Gasteiger charge is -2.38. The van der Waals surface area contributed by atoms with Crippen molar-refractivity contribution >= 4 is 15.4 Å². The zero-order valence-electron chi connectivity index (χ0n) is 19.8. The molecule has 0 radical (unpaired) electrons. The molecule has 4 rings (SSSR count). The lowest BCUT2D eigenvalue weighted by atomic mass is 9.84. The number of sulfone groups is 1. The Balaban J connectivity index is 1.66. The largest absolute Gasteiger partial charge is 0.457 e. The second kappa shape index (κ2) is 10.9. The van der Waals surface area contributed by atoms with Crippen molar-refractivity contribution in [2.24, 2.45) is 5.73 Å². The predicted molar refractivity (Wildman–Crippen MR) is 134 cm³/mol. The summed E-state index contributed by atoms with van der Waals surface area (Å²) in [5.41, 5.74) is 6.23. The minimum atomic E-state index is -4.58. The molecular weight excluding hydrogens is 508 g/mol. The van der Waals surface area contributed by atoms with Crippen LogP contribution >= 0.6 is 0 Å². The van der Waals surface area contributed by atoms with Crippen LogP contribution in [-0.2, 0) is 9.84 Å². The van der Waals surface area contributed by atoms with Gasteiger partial charge in [0.2, 0.25) is 0 Å². The summed E-state index contributed by atoms with van der Waals surface area (Å²) in [7, 11) is -3.52. The highest BCUT2D eigenvalue weighted by molar-refractivity contribution is 7.91. The van der Waals surface area contributed by atoms with Gasteiger partial charge in [0, 0.05) is 12.7 Å². The fourth-order valence-electron chi connectivity index (χ4n) is 4.35. The van der Waals surface area contributed by atoms with Gasteiger partial charge in [0.25, 0.3) is 0 Å². The number of alkyl halides is 4. The van der Waals surface area contributed by atoms with Gasteiger partial charge in [-0.25, -0.2) is 12.8 Å². The van der Waals surface area contributed by atoms with Crippen molar-refractivity contribution in [3.63, 3.8) is 0 Å². The lowest BCUT2D eigenvalue weighted by molar-refractivity contribution is -0.0986. The average molecular weight is 535 g/mol. The van der Waals surface area contributed by atoms with Crippen molar-refractivity contribution in [3.05, 3.63) is 95.7 Å². The number of benzene rings is 2. The van der Waals surface area contributed by atoms with E-state index in [9.17, 15) is 26.0 Å². The van der Waals surface area contributed by atoms with Crippen molar-refractivity contribution in [2.75, 3.05) is 25.5 Å². The minimum absolute atomic E-state index is 0.0752. The molecule has 1 aliphatic carbocycles. The van der Waals surface area contributed by atoms with E-state index < -0.39 is 34.3 Å². The first kappa shape index (κ1) is 26.7. The molecule has 37 heavy (non-hydrogen) atoms. The number of nitrogens with two attached hydrogens (primary N) is 1. The molecule has 0 saturated carbocycles. The molecule has 196 valence electrons. The molecule has 2 N–H and O–H groups in total. The van der Waals surface area contributed by atoms with E-state index in [2.05, 4.69) is 0 Å². The number of rotatable bonds is 9. The maximum absolute atomic E-state index is 13.8. The fraction of sp³-hybridized carbons (Fsp3) is 0.259. The summed E-state index contributed by atoms with van der Waals surface area (Å²) in [6, 6.07) is 11.7. The van der Waals surface area contributed by atoms with Crippen molar-refractivity contribution in [2.45, 2.75) is 23.5 Å². The Morgan fingerprint density at radius 3 is 2.46 bits per heavy atom. The Hall–Kier alpha value is -3.37. The summed E-state index contributed by atoms with van der Waals surface area (Å²) in [5.74, 6) is 0.605. The van der Waals surface area contributed by atoms with Crippen LogP contribution in [0.4, 0.5) is 17.6 Å². The number of hydrogen-bond acceptors (Lipinski definition) is 5. The molecular formula is C27H26F4N2O3S. The highest BCUT2D eigenvalue weighted by Gasteiger charge is 2.43. The first-order chi connectivity index (χ1) is 17.6. The molecule has 0 amide bonds. The van der Waals surface area contributed by atoms with Crippen LogP contribution in [0.1, 0.15) is 12.0 Å². The van der Waals surface area contributed by atoms with E-state index >= 15 is 0 Å². The molecule has 0 fully saturated rings. The highest BCUT2D eigenvalue weighted by Crippen LogP contribution is 2.42. The number of halogens is 4. The Labute approximate surface area is 213 Å². The number of hydrogen-bond donors (Lipinski definition) is 1. The lowest BCUT2D eigenvalue weighted by Crippen LogP contribution is -2.42. The Bertz CT molecular complexity index is 1380. The first-order valence-corrected chi connectivity index (χ1v) is 13.3. The maximum atomic E-state index is 13.8. The van der Waals surface area contributed by atoms with Crippen molar-refractivity contribution < 1.29 is 30.7 Å². The second-order valence-electron chi connectivity index (χ2n) is 8.56. The number of allylic oxidation sites excluding steroid dienone is 4. The van der Waals surface area contributed by atoms with E-state index in [-0.39, 0.29) is 23.7 Å². The van der Waals surface area contributed by atoms with Gasteiger partial charge in [-0.2, -0.15) is 13.2 Å². The predicted octanol–water partition coefficient (Wildman–Crippen LogP) is 5.58. The van der Waals surface area contributed by atoms with E-state index in [1.807, 2.05) is 0 Å². The third-order valence-electron chi connectivity index (χ3n) is 6.05. The monoisotopic (exact) mass is 534 g/mol. The molecule has 0 aromatic heterocycles. The van der Waals surface area contributed by atoms with Gasteiger partial charge in [-0.05, 0) is 66.1 Å². The standard InChI is InChI=1S/C27H26F4N2O3S/c28-12-15-33-14-11-23(24-9-3-10-25(26(24)33)27(29,30)31)19-5-1-6-20(17-19)36-21-7-2-8-22(18-21)37(34,35)16-4-13-32/h1-3,5-11,14,17-18,26H,4,12-13,15-16,32H2. The molecule has 2 aromatic carbocycles. The zero-order chi connectivity index (χ0) is 26.6. The van der Waals surface area contributed by atoms with Gasteiger partial charge < -0.3 is 15.4 Å². The topological polar surface area (TPSA) is 72.6 Å². The highest BCUT2D eigenvalue weighted by atomic mass is 32.2. The van der Waals surface area contributed by atoms with Gasteiger partial charge in [-0.15, -0.1) is 0 Å². The maximum Gasteiger partial charge on any atom is 0.415 e. The SMILES string of the molecule is NCCCS(=O)(=O)c1cccc(Oc2cccc(C3=C4C=CC=C(C(F)(F)F)C4N(CCF)C=C3)c2)c1. The van der Waals surface area contributed by atoms with E-state index in [0.717, 1.165) is 6.08 Å². The van der Waals surface area contributed by atoms with E-state index in [0.29, 0.717) is 34.6 Å². The average Bonchev–Trinajstić information content (AvgIpc) is 2.87. The van der Waals surface area contributed by atoms with Crippen LogP contribution in [-0.4, -0.2) is 51.1 Å². The second-order valence-corrected chi connectivity index (χ2v) is 10.7. The smallest absolute Gasteiger partial charge is 0.415 e. The van der Waals surface area contributed by atoms with Gasteiger partial charge in [0.05, 0.1) is 22.3 Å². The fourth-order valence-corrected chi connectivity index (χ4v) is 5.72. The molecule has 0 spiro atoms. The molecule has 2 aromatic rings. The molecule has 5 nitrogen and oxygen atoms in total. The molecule has 1 heterocycles. The third kappa shape index (κ3) is 5.97. The van der Waals surface area contributed by atoms with Gasteiger partial charge in [0.15, 0.2) is 9.84 Å². The van der Waals surface area contributed by atoms with Crippen LogP contribution in [0.2, 0.25) is 0 Å². The summed E-state index contributed by atoms with van der Waals surface area (Å²) >= 11 is 0. The summed E-state index contributed by atoms with van der Waals surface area (Å²) in [6.45, 7) is -0.703. The normalized spacial score (nSPS) is 17.6. The van der Waals surface area contributed by atoms with Gasteiger partial charge in [-0.1, -0.05) is 36.4 Å². The van der Waals surface area contributed by atoms with Crippen LogP contribution in [0.25, 0.3) is 5.57 Å². The van der Waals surface area contributed by atoms with E-state index in [1.165, 1.54) is 29.3 Å². The molecule has 0 bridgehead atoms. The van der Waals surface area contributed by atoms with E-state index in [4.69, 9.17) is 10.5 Å². The third-order valence-corrected chi connectivity index (χ3v) is 7.85. The number of nitrogens with zero attached hydrogens (tertiary/aromatic N) is 1. The Morgan fingerprint density at radius 2 is 1.76 bits per heavy atom. The molecule has 1 atom stereocenters. The number of ether oxygens (including phenoxy) is 1. The summed E-state index contributed by atoms with van der Waals surface area (Å²) in [6.07, 6.45) is 2.87. The van der Waals surface area contributed by atoms with E-state index in [1.54, 1.807) is 48.6 Å². The molecule has 10 heteroatoms.